The fraction of sp³-hybridized carbons (Fsp3) is 0.556. The van der Waals surface area contributed by atoms with Crippen LogP contribution in [0.3, 0.4) is 0 Å². The van der Waals surface area contributed by atoms with Gasteiger partial charge in [-0.05, 0) is 31.0 Å². The van der Waals surface area contributed by atoms with Gasteiger partial charge < -0.3 is 25.4 Å². The molecule has 2 fully saturated rings. The summed E-state index contributed by atoms with van der Waals surface area (Å²) in [6.07, 6.45) is 0.628. The Morgan fingerprint density at radius 1 is 1.44 bits per heavy atom. The average Bonchev–Trinajstić information content (AvgIpc) is 3.02. The van der Waals surface area contributed by atoms with Gasteiger partial charge in [0.2, 0.25) is 5.91 Å². The number of benzene rings is 1. The van der Waals surface area contributed by atoms with E-state index in [0.29, 0.717) is 32.7 Å². The summed E-state index contributed by atoms with van der Waals surface area (Å²) >= 11 is 0. The molecule has 0 bridgehead atoms. The number of fused-ring (bicyclic) bond motifs is 1. The number of carbonyl (C=O) groups is 2. The Morgan fingerprint density at radius 2 is 2.24 bits per heavy atom. The number of phenolic OH excluding ortho intramolecular Hbond substituents is 1. The van der Waals surface area contributed by atoms with Crippen LogP contribution in [0.25, 0.3) is 0 Å². The predicted octanol–water partition coefficient (Wildman–Crippen LogP) is 1.25. The molecule has 2 heterocycles. The highest BCUT2D eigenvalue weighted by molar-refractivity contribution is 5.85. The fourth-order valence-corrected chi connectivity index (χ4v) is 3.88. The summed E-state index contributed by atoms with van der Waals surface area (Å²) in [4.78, 5) is 26.9. The molecule has 0 aliphatic carbocycles. The molecule has 1 aromatic rings. The van der Waals surface area contributed by atoms with Crippen LogP contribution >= 0.6 is 0 Å². The van der Waals surface area contributed by atoms with Crippen LogP contribution in [-0.2, 0) is 9.53 Å². The van der Waals surface area contributed by atoms with Crippen LogP contribution in [-0.4, -0.2) is 55.3 Å². The van der Waals surface area contributed by atoms with Crippen LogP contribution in [0.2, 0.25) is 0 Å². The van der Waals surface area contributed by atoms with Crippen molar-refractivity contribution in [1.29, 1.82) is 0 Å². The van der Waals surface area contributed by atoms with E-state index in [9.17, 15) is 14.7 Å². The minimum absolute atomic E-state index is 0.0165. The molecule has 3 rings (SSSR count). The first-order chi connectivity index (χ1) is 12.0. The van der Waals surface area contributed by atoms with Gasteiger partial charge >= 0.3 is 6.03 Å². The maximum atomic E-state index is 12.7. The normalized spacial score (nSPS) is 26.6. The maximum absolute atomic E-state index is 12.7. The van der Waals surface area contributed by atoms with Crippen LogP contribution in [0.4, 0.5) is 4.79 Å². The van der Waals surface area contributed by atoms with Crippen molar-refractivity contribution in [2.24, 2.45) is 11.3 Å². The van der Waals surface area contributed by atoms with Crippen LogP contribution in [0, 0.1) is 11.3 Å². The molecule has 1 aromatic carbocycles. The zero-order chi connectivity index (χ0) is 18.0. The van der Waals surface area contributed by atoms with Crippen molar-refractivity contribution in [3.8, 4) is 5.75 Å². The lowest BCUT2D eigenvalue weighted by Crippen LogP contribution is -2.50. The lowest BCUT2D eigenvalue weighted by molar-refractivity contribution is -0.138. The second kappa shape index (κ2) is 6.92. The number of phenols is 1. The molecule has 0 unspecified atom stereocenters. The Hall–Kier alpha value is -2.28. The van der Waals surface area contributed by atoms with Crippen LogP contribution in [0.1, 0.15) is 24.9 Å². The Labute approximate surface area is 147 Å². The third-order valence-corrected chi connectivity index (χ3v) is 5.38. The Bertz CT molecular complexity index is 665. The van der Waals surface area contributed by atoms with E-state index in [-0.39, 0.29) is 29.6 Å². The lowest BCUT2D eigenvalue weighted by atomic mass is 9.73. The monoisotopic (exact) mass is 347 g/mol. The van der Waals surface area contributed by atoms with Gasteiger partial charge in [0.1, 0.15) is 5.75 Å². The number of urea groups is 1. The summed E-state index contributed by atoms with van der Waals surface area (Å²) in [7, 11) is 1.64. The summed E-state index contributed by atoms with van der Waals surface area (Å²) in [5, 5.41) is 15.3. The largest absolute Gasteiger partial charge is 0.508 e. The highest BCUT2D eigenvalue weighted by Crippen LogP contribution is 2.42. The number of nitrogens with one attached hydrogen (secondary N) is 2. The van der Waals surface area contributed by atoms with Gasteiger partial charge in [-0.2, -0.15) is 0 Å². The number of carbonyl (C=O) groups excluding carboxylic acids is 2. The van der Waals surface area contributed by atoms with Crippen LogP contribution < -0.4 is 10.6 Å². The van der Waals surface area contributed by atoms with E-state index in [2.05, 4.69) is 10.6 Å². The number of hydrogen-bond acceptors (Lipinski definition) is 4. The second-order valence-electron chi connectivity index (χ2n) is 6.90. The first-order valence-corrected chi connectivity index (χ1v) is 8.60. The zero-order valence-electron chi connectivity index (χ0n) is 14.6. The number of nitrogens with zero attached hydrogens (tertiary/aromatic N) is 1. The molecule has 3 atom stereocenters. The third-order valence-electron chi connectivity index (χ3n) is 5.38. The smallest absolute Gasteiger partial charge is 0.317 e. The topological polar surface area (TPSA) is 90.9 Å². The van der Waals surface area contributed by atoms with E-state index in [0.717, 1.165) is 5.56 Å². The Kier molecular flexibility index (Phi) is 4.85. The zero-order valence-corrected chi connectivity index (χ0v) is 14.6. The molecule has 7 nitrogen and oxygen atoms in total. The van der Waals surface area contributed by atoms with E-state index in [1.54, 1.807) is 30.1 Å². The first kappa shape index (κ1) is 17.5. The van der Waals surface area contributed by atoms with Gasteiger partial charge in [-0.15, -0.1) is 0 Å². The highest BCUT2D eigenvalue weighted by atomic mass is 16.5. The van der Waals surface area contributed by atoms with Gasteiger partial charge in [-0.25, -0.2) is 4.79 Å². The van der Waals surface area contributed by atoms with Crippen LogP contribution in [0.15, 0.2) is 24.3 Å². The molecule has 2 saturated heterocycles. The number of aromatic hydroxyl groups is 1. The molecule has 0 saturated carbocycles. The molecule has 2 aliphatic rings. The van der Waals surface area contributed by atoms with Gasteiger partial charge in [0.25, 0.3) is 0 Å². The fourth-order valence-electron chi connectivity index (χ4n) is 3.88. The molecule has 0 spiro atoms. The van der Waals surface area contributed by atoms with E-state index in [4.69, 9.17) is 4.74 Å². The third kappa shape index (κ3) is 3.28. The summed E-state index contributed by atoms with van der Waals surface area (Å²) in [6.45, 7) is 3.82. The molecule has 7 heteroatoms. The molecule has 3 amide bonds. The van der Waals surface area contributed by atoms with Crippen molar-refractivity contribution in [1.82, 2.24) is 15.5 Å². The second-order valence-corrected chi connectivity index (χ2v) is 6.90. The summed E-state index contributed by atoms with van der Waals surface area (Å²) in [6, 6.07) is 6.39. The van der Waals surface area contributed by atoms with E-state index >= 15 is 0 Å². The molecular formula is C18H25N3O4. The van der Waals surface area contributed by atoms with Gasteiger partial charge in [-0.1, -0.05) is 12.1 Å². The van der Waals surface area contributed by atoms with Crippen molar-refractivity contribution in [2.45, 2.75) is 19.4 Å². The summed E-state index contributed by atoms with van der Waals surface area (Å²) < 4.78 is 5.53. The minimum atomic E-state index is -0.557. The number of ether oxygens (including phenoxy) is 1. The minimum Gasteiger partial charge on any atom is -0.508 e. The van der Waals surface area contributed by atoms with Crippen molar-refractivity contribution >= 4 is 11.9 Å². The Balaban J connectivity index is 1.70. The SMILES string of the molecule is CNC(=O)[C@@]12CCOC[C@@H]1CN(C(=O)N[C@@H](C)c1cccc(O)c1)C2. The molecular weight excluding hydrogens is 322 g/mol. The van der Waals surface area contributed by atoms with E-state index in [1.165, 1.54) is 0 Å². The average molecular weight is 347 g/mol. The predicted molar refractivity (Wildman–Crippen MR) is 92.1 cm³/mol. The number of hydrogen-bond donors (Lipinski definition) is 3. The van der Waals surface area contributed by atoms with Gasteiger partial charge in [0, 0.05) is 32.7 Å². The van der Waals surface area contributed by atoms with E-state index < -0.39 is 5.41 Å². The molecule has 136 valence electrons. The van der Waals surface area contributed by atoms with Crippen molar-refractivity contribution in [3.63, 3.8) is 0 Å². The lowest BCUT2D eigenvalue weighted by Gasteiger charge is -2.36. The van der Waals surface area contributed by atoms with Gasteiger partial charge in [0.15, 0.2) is 0 Å². The number of amides is 3. The number of likely N-dealkylation sites (tertiary alicyclic amines) is 1. The van der Waals surface area contributed by atoms with Crippen LogP contribution in [0.5, 0.6) is 5.75 Å². The molecule has 0 radical (unpaired) electrons. The standard InChI is InChI=1S/C18H25N3O4/c1-12(13-4-3-5-15(22)8-13)20-17(24)21-9-14-10-25-7-6-18(14,11-21)16(23)19-2/h3-5,8,12,14,22H,6-7,9-11H2,1-2H3,(H,19,23)(H,20,24)/t12-,14-,18+/m0/s1. The molecule has 3 N–H and O–H groups in total. The summed E-state index contributed by atoms with van der Waals surface area (Å²) in [5.41, 5.74) is 0.271. The molecule has 25 heavy (non-hydrogen) atoms. The highest BCUT2D eigenvalue weighted by Gasteiger charge is 2.54. The number of rotatable bonds is 3. The van der Waals surface area contributed by atoms with Gasteiger partial charge in [0.05, 0.1) is 18.1 Å². The summed E-state index contributed by atoms with van der Waals surface area (Å²) in [5.74, 6) is 0.168. The van der Waals surface area contributed by atoms with Gasteiger partial charge in [-0.3, -0.25) is 4.79 Å². The molecule has 2 aliphatic heterocycles. The van der Waals surface area contributed by atoms with Crippen molar-refractivity contribution in [3.05, 3.63) is 29.8 Å². The van der Waals surface area contributed by atoms with E-state index in [1.807, 2.05) is 13.0 Å². The first-order valence-electron chi connectivity index (χ1n) is 8.60. The Morgan fingerprint density at radius 3 is 2.96 bits per heavy atom. The molecule has 0 aromatic heterocycles. The maximum Gasteiger partial charge on any atom is 0.317 e. The van der Waals surface area contributed by atoms with Crippen molar-refractivity contribution in [2.75, 3.05) is 33.4 Å². The quantitative estimate of drug-likeness (QED) is 0.767. The van der Waals surface area contributed by atoms with Crippen molar-refractivity contribution < 1.29 is 19.4 Å².